The average molecular weight is 435 g/mol. The maximum atomic E-state index is 12.5. The van der Waals surface area contributed by atoms with Gasteiger partial charge in [-0.3, -0.25) is 9.59 Å². The number of anilines is 1. The number of nitrogens with one attached hydrogen (secondary N) is 2. The van der Waals surface area contributed by atoms with Crippen molar-refractivity contribution in [3.63, 3.8) is 0 Å². The molecule has 0 aliphatic heterocycles. The average Bonchev–Trinajstić information content (AvgIpc) is 3.34. The summed E-state index contributed by atoms with van der Waals surface area (Å²) in [4.78, 5) is 33.4. The van der Waals surface area contributed by atoms with Gasteiger partial charge in [-0.1, -0.05) is 23.9 Å². The summed E-state index contributed by atoms with van der Waals surface area (Å²) in [5, 5.41) is 6.50. The fourth-order valence-electron chi connectivity index (χ4n) is 3.14. The van der Waals surface area contributed by atoms with Crippen molar-refractivity contribution in [2.45, 2.75) is 11.7 Å². The molecule has 158 valence electrons. The topological polar surface area (TPSA) is 93.8 Å². The lowest BCUT2D eigenvalue weighted by Gasteiger charge is -2.08. The largest absolute Gasteiger partial charge is 0.345 e. The van der Waals surface area contributed by atoms with E-state index in [1.54, 1.807) is 30.5 Å². The van der Waals surface area contributed by atoms with Crippen molar-refractivity contribution in [1.29, 1.82) is 0 Å². The van der Waals surface area contributed by atoms with E-state index in [0.29, 0.717) is 17.8 Å². The Kier molecular flexibility index (Phi) is 6.03. The number of hydrogen-bond donors (Lipinski definition) is 2. The smallest absolute Gasteiger partial charge is 0.251 e. The highest BCUT2D eigenvalue weighted by atomic mass is 32.2. The molecule has 2 amide bonds. The summed E-state index contributed by atoms with van der Waals surface area (Å²) >= 11 is 1.36. The molecular weight excluding hydrogens is 412 g/mol. The summed E-state index contributed by atoms with van der Waals surface area (Å²) < 4.78 is 3.83. The van der Waals surface area contributed by atoms with Crippen LogP contribution in [0.1, 0.15) is 16.2 Å². The first-order chi connectivity index (χ1) is 15.0. The number of aromatic nitrogens is 4. The molecule has 2 aromatic heterocycles. The van der Waals surface area contributed by atoms with Gasteiger partial charge in [0.2, 0.25) is 5.91 Å². The summed E-state index contributed by atoms with van der Waals surface area (Å²) in [5.41, 5.74) is 3.07. The van der Waals surface area contributed by atoms with Crippen molar-refractivity contribution < 1.29 is 9.59 Å². The first kappa shape index (κ1) is 20.7. The lowest BCUT2D eigenvalue weighted by atomic mass is 10.2. The Morgan fingerprint density at radius 1 is 1.06 bits per heavy atom. The molecule has 0 atom stereocenters. The molecule has 0 aliphatic carbocycles. The van der Waals surface area contributed by atoms with Crippen LogP contribution in [-0.2, 0) is 25.4 Å². The summed E-state index contributed by atoms with van der Waals surface area (Å²) in [5.74, 6) is 0.705. The maximum absolute atomic E-state index is 12.5. The van der Waals surface area contributed by atoms with Crippen LogP contribution in [0, 0.1) is 0 Å². The number of benzene rings is 2. The Bertz CT molecular complexity index is 1230. The molecule has 2 N–H and O–H groups in total. The van der Waals surface area contributed by atoms with Gasteiger partial charge in [-0.25, -0.2) is 9.97 Å². The summed E-state index contributed by atoms with van der Waals surface area (Å²) in [6.07, 6.45) is 3.53. The molecule has 0 saturated heterocycles. The van der Waals surface area contributed by atoms with Crippen molar-refractivity contribution >= 4 is 40.3 Å². The fourth-order valence-corrected chi connectivity index (χ4v) is 3.87. The molecule has 0 bridgehead atoms. The zero-order valence-electron chi connectivity index (χ0n) is 17.2. The predicted molar refractivity (Wildman–Crippen MR) is 121 cm³/mol. The second-order valence-electron chi connectivity index (χ2n) is 6.99. The number of fused-ring (bicyclic) bond motifs is 1. The fraction of sp³-hybridized carbons (Fsp3) is 0.182. The van der Waals surface area contributed by atoms with E-state index in [-0.39, 0.29) is 17.6 Å². The van der Waals surface area contributed by atoms with E-state index in [1.807, 2.05) is 53.7 Å². The number of thioether (sulfide) groups is 1. The number of carbonyl (C=O) groups excluding carboxylic acids is 2. The van der Waals surface area contributed by atoms with Gasteiger partial charge in [-0.2, -0.15) is 0 Å². The van der Waals surface area contributed by atoms with Crippen LogP contribution in [0.25, 0.3) is 11.0 Å². The monoisotopic (exact) mass is 434 g/mol. The quantitative estimate of drug-likeness (QED) is 0.436. The lowest BCUT2D eigenvalue weighted by Crippen LogP contribution is -2.24. The number of rotatable bonds is 7. The van der Waals surface area contributed by atoms with Crippen molar-refractivity contribution in [1.82, 2.24) is 24.4 Å². The highest BCUT2D eigenvalue weighted by Gasteiger charge is 2.11. The van der Waals surface area contributed by atoms with Crippen molar-refractivity contribution in [2.24, 2.45) is 14.1 Å². The Labute approximate surface area is 183 Å². The molecule has 2 heterocycles. The summed E-state index contributed by atoms with van der Waals surface area (Å²) in [6, 6.07) is 14.6. The number of para-hydroxylation sites is 2. The van der Waals surface area contributed by atoms with Gasteiger partial charge >= 0.3 is 0 Å². The molecular formula is C22H22N6O2S. The maximum Gasteiger partial charge on any atom is 0.251 e. The molecule has 0 saturated carbocycles. The Hall–Kier alpha value is -3.59. The van der Waals surface area contributed by atoms with Crippen LogP contribution in [0.2, 0.25) is 0 Å². The van der Waals surface area contributed by atoms with Crippen LogP contribution in [0.15, 0.2) is 66.1 Å². The molecule has 4 rings (SSSR count). The zero-order valence-corrected chi connectivity index (χ0v) is 18.0. The van der Waals surface area contributed by atoms with Crippen molar-refractivity contribution in [3.8, 4) is 0 Å². The zero-order chi connectivity index (χ0) is 21.8. The SMILES string of the molecule is Cn1ccnc1SCC(=O)Nc1ccc(C(=O)NCc2nc3ccccc3n2C)cc1. The first-order valence-corrected chi connectivity index (χ1v) is 10.7. The molecule has 31 heavy (non-hydrogen) atoms. The van der Waals surface area contributed by atoms with Gasteiger partial charge in [0.05, 0.1) is 23.3 Å². The van der Waals surface area contributed by atoms with Crippen LogP contribution < -0.4 is 10.6 Å². The van der Waals surface area contributed by atoms with Crippen LogP contribution in [-0.4, -0.2) is 36.7 Å². The Morgan fingerprint density at radius 2 is 1.84 bits per heavy atom. The summed E-state index contributed by atoms with van der Waals surface area (Å²) in [6.45, 7) is 0.326. The number of amides is 2. The van der Waals surface area contributed by atoms with Gasteiger partial charge in [0.15, 0.2) is 5.16 Å². The molecule has 2 aromatic carbocycles. The Balaban J connectivity index is 1.30. The highest BCUT2D eigenvalue weighted by molar-refractivity contribution is 7.99. The minimum Gasteiger partial charge on any atom is -0.345 e. The second kappa shape index (κ2) is 9.05. The molecule has 0 spiro atoms. The summed E-state index contributed by atoms with van der Waals surface area (Å²) in [7, 11) is 3.81. The van der Waals surface area contributed by atoms with E-state index >= 15 is 0 Å². The minimum absolute atomic E-state index is 0.132. The van der Waals surface area contributed by atoms with E-state index < -0.39 is 0 Å². The predicted octanol–water partition coefficient (Wildman–Crippen LogP) is 2.97. The van der Waals surface area contributed by atoms with Gasteiger partial charge in [-0.15, -0.1) is 0 Å². The molecule has 0 radical (unpaired) electrons. The third-order valence-electron chi connectivity index (χ3n) is 4.83. The number of nitrogens with zero attached hydrogens (tertiary/aromatic N) is 4. The lowest BCUT2D eigenvalue weighted by molar-refractivity contribution is -0.113. The number of carbonyl (C=O) groups is 2. The van der Waals surface area contributed by atoms with Crippen LogP contribution in [0.3, 0.4) is 0 Å². The van der Waals surface area contributed by atoms with Crippen molar-refractivity contribution in [3.05, 3.63) is 72.3 Å². The third-order valence-corrected chi connectivity index (χ3v) is 5.89. The van der Waals surface area contributed by atoms with E-state index in [2.05, 4.69) is 20.6 Å². The highest BCUT2D eigenvalue weighted by Crippen LogP contribution is 2.16. The van der Waals surface area contributed by atoms with Crippen LogP contribution in [0.4, 0.5) is 5.69 Å². The number of imidazole rings is 2. The second-order valence-corrected chi connectivity index (χ2v) is 7.94. The molecule has 0 aliphatic rings. The van der Waals surface area contributed by atoms with Crippen LogP contribution >= 0.6 is 11.8 Å². The van der Waals surface area contributed by atoms with E-state index in [1.165, 1.54) is 11.8 Å². The molecule has 9 heteroatoms. The van der Waals surface area contributed by atoms with Crippen LogP contribution in [0.5, 0.6) is 0 Å². The van der Waals surface area contributed by atoms with Gasteiger partial charge in [-0.05, 0) is 36.4 Å². The third kappa shape index (κ3) is 4.77. The van der Waals surface area contributed by atoms with E-state index in [4.69, 9.17) is 0 Å². The standard InChI is InChI=1S/C22H22N6O2S/c1-27-12-11-23-22(27)31-14-20(29)25-16-9-7-15(8-10-16)21(30)24-13-19-26-17-5-3-4-6-18(17)28(19)2/h3-12H,13-14H2,1-2H3,(H,24,30)(H,25,29). The minimum atomic E-state index is -0.199. The van der Waals surface area contributed by atoms with E-state index in [0.717, 1.165) is 22.0 Å². The molecule has 0 unspecified atom stereocenters. The van der Waals surface area contributed by atoms with Gasteiger partial charge in [0, 0.05) is 37.7 Å². The van der Waals surface area contributed by atoms with E-state index in [9.17, 15) is 9.59 Å². The van der Waals surface area contributed by atoms with Crippen molar-refractivity contribution in [2.75, 3.05) is 11.1 Å². The molecule has 8 nitrogen and oxygen atoms in total. The van der Waals surface area contributed by atoms with Gasteiger partial charge < -0.3 is 19.8 Å². The number of hydrogen-bond acceptors (Lipinski definition) is 5. The molecule has 0 fully saturated rings. The molecule has 4 aromatic rings. The van der Waals surface area contributed by atoms with Gasteiger partial charge in [0.1, 0.15) is 5.82 Å². The normalized spacial score (nSPS) is 10.9. The van der Waals surface area contributed by atoms with Gasteiger partial charge in [0.25, 0.3) is 5.91 Å². The first-order valence-electron chi connectivity index (χ1n) is 9.70. The number of aryl methyl sites for hydroxylation is 2. The Morgan fingerprint density at radius 3 is 2.55 bits per heavy atom.